The number of hydrogen-bond acceptors (Lipinski definition) is 3. The third-order valence-corrected chi connectivity index (χ3v) is 6.89. The zero-order valence-electron chi connectivity index (χ0n) is 17.3. The first-order valence-electron chi connectivity index (χ1n) is 10.8. The van der Waals surface area contributed by atoms with Gasteiger partial charge in [-0.1, -0.05) is 19.4 Å². The van der Waals surface area contributed by atoms with Crippen LogP contribution in [0, 0.1) is 46.5 Å². The summed E-state index contributed by atoms with van der Waals surface area (Å²) in [5.41, 5.74) is -0.173. The standard InChI is InChI=1S/C25H24F3NO2/c1-14-2-3-16-9-17(5-4-15(16)8-14)20-7-6-18(10-22(20)26)25(30)31-19-11-23(27)21(13-29)24(28)12-19/h6-7,10-12,14-17H,2-5,8-9H2,1H3/t14-,15-,16+,17?/m0/s1. The number of nitrogens with zero attached hydrogens (tertiary/aromatic N) is 1. The van der Waals surface area contributed by atoms with Gasteiger partial charge in [-0.2, -0.15) is 5.26 Å². The van der Waals surface area contributed by atoms with Crippen LogP contribution in [0.3, 0.4) is 0 Å². The van der Waals surface area contributed by atoms with Gasteiger partial charge < -0.3 is 4.74 Å². The Bertz CT molecular complexity index is 1020. The van der Waals surface area contributed by atoms with Crippen molar-refractivity contribution in [2.45, 2.75) is 51.4 Å². The molecule has 0 bridgehead atoms. The fraction of sp³-hybridized carbons (Fsp3) is 0.440. The highest BCUT2D eigenvalue weighted by atomic mass is 19.1. The van der Waals surface area contributed by atoms with Crippen LogP contribution < -0.4 is 4.74 Å². The molecule has 2 fully saturated rings. The van der Waals surface area contributed by atoms with Crippen molar-refractivity contribution in [3.8, 4) is 11.8 Å². The number of rotatable bonds is 3. The van der Waals surface area contributed by atoms with Crippen LogP contribution in [0.4, 0.5) is 13.2 Å². The zero-order chi connectivity index (χ0) is 22.1. The van der Waals surface area contributed by atoms with Crippen molar-refractivity contribution in [3.63, 3.8) is 0 Å². The van der Waals surface area contributed by atoms with E-state index in [0.29, 0.717) is 11.5 Å². The van der Waals surface area contributed by atoms with Crippen molar-refractivity contribution in [2.24, 2.45) is 17.8 Å². The molecule has 4 rings (SSSR count). The molecule has 0 spiro atoms. The summed E-state index contributed by atoms with van der Waals surface area (Å²) < 4.78 is 47.3. The summed E-state index contributed by atoms with van der Waals surface area (Å²) in [4.78, 5) is 12.4. The topological polar surface area (TPSA) is 50.1 Å². The van der Waals surface area contributed by atoms with Crippen molar-refractivity contribution in [1.29, 1.82) is 5.26 Å². The molecule has 6 heteroatoms. The number of carbonyl (C=O) groups is 1. The minimum atomic E-state index is -1.13. The number of esters is 1. The fourth-order valence-corrected chi connectivity index (χ4v) is 5.27. The molecule has 0 heterocycles. The first-order chi connectivity index (χ1) is 14.9. The molecule has 162 valence electrons. The van der Waals surface area contributed by atoms with Crippen LogP contribution in [-0.4, -0.2) is 5.97 Å². The van der Waals surface area contributed by atoms with E-state index >= 15 is 0 Å². The molecule has 0 aromatic heterocycles. The molecule has 0 N–H and O–H groups in total. The highest BCUT2D eigenvalue weighted by Gasteiger charge is 2.35. The maximum absolute atomic E-state index is 14.9. The molecule has 31 heavy (non-hydrogen) atoms. The smallest absolute Gasteiger partial charge is 0.343 e. The van der Waals surface area contributed by atoms with Gasteiger partial charge in [0.25, 0.3) is 0 Å². The van der Waals surface area contributed by atoms with Gasteiger partial charge in [-0.05, 0) is 73.5 Å². The number of benzene rings is 2. The zero-order valence-corrected chi connectivity index (χ0v) is 17.3. The summed E-state index contributed by atoms with van der Waals surface area (Å²) in [5.74, 6) is -1.71. The lowest BCUT2D eigenvalue weighted by atomic mass is 9.64. The summed E-state index contributed by atoms with van der Waals surface area (Å²) >= 11 is 0. The highest BCUT2D eigenvalue weighted by molar-refractivity contribution is 5.91. The molecular formula is C25H24F3NO2. The lowest BCUT2D eigenvalue weighted by Crippen LogP contribution is -2.30. The van der Waals surface area contributed by atoms with Crippen molar-refractivity contribution in [3.05, 3.63) is 64.5 Å². The van der Waals surface area contributed by atoms with Gasteiger partial charge in [0.05, 0.1) is 5.56 Å². The molecule has 2 aromatic rings. The van der Waals surface area contributed by atoms with Gasteiger partial charge in [0.2, 0.25) is 0 Å². The van der Waals surface area contributed by atoms with Crippen LogP contribution in [0.15, 0.2) is 30.3 Å². The number of carbonyl (C=O) groups excluding carboxylic acids is 1. The average molecular weight is 427 g/mol. The van der Waals surface area contributed by atoms with E-state index in [4.69, 9.17) is 10.00 Å². The lowest BCUT2D eigenvalue weighted by Gasteiger charge is -2.41. The number of ether oxygens (including phenoxy) is 1. The predicted molar refractivity (Wildman–Crippen MR) is 109 cm³/mol. The minimum Gasteiger partial charge on any atom is -0.423 e. The molecule has 2 aliphatic rings. The van der Waals surface area contributed by atoms with Gasteiger partial charge >= 0.3 is 5.97 Å². The third-order valence-electron chi connectivity index (χ3n) is 6.89. The summed E-state index contributed by atoms with van der Waals surface area (Å²) in [7, 11) is 0. The quantitative estimate of drug-likeness (QED) is 0.414. The Balaban J connectivity index is 1.46. The Morgan fingerprint density at radius 3 is 2.32 bits per heavy atom. The van der Waals surface area contributed by atoms with Crippen LogP contribution in [0.1, 0.15) is 72.9 Å². The predicted octanol–water partition coefficient (Wildman–Crippen LogP) is 6.51. The first kappa shape index (κ1) is 21.4. The van der Waals surface area contributed by atoms with Gasteiger partial charge in [-0.15, -0.1) is 0 Å². The number of halogens is 3. The SMILES string of the molecule is C[C@H]1CC[C@@H]2CC(c3ccc(C(=O)Oc4cc(F)c(C#N)c(F)c4)cc3F)CC[C@H]2C1. The third kappa shape index (κ3) is 4.46. The average Bonchev–Trinajstić information content (AvgIpc) is 2.73. The van der Waals surface area contributed by atoms with E-state index in [9.17, 15) is 18.0 Å². The molecule has 3 nitrogen and oxygen atoms in total. The molecule has 0 amide bonds. The van der Waals surface area contributed by atoms with Crippen LogP contribution in [-0.2, 0) is 0 Å². The summed E-state index contributed by atoms with van der Waals surface area (Å²) in [6, 6.07) is 7.16. The molecule has 2 aromatic carbocycles. The van der Waals surface area contributed by atoms with E-state index in [1.165, 1.54) is 31.4 Å². The maximum Gasteiger partial charge on any atom is 0.343 e. The van der Waals surface area contributed by atoms with Gasteiger partial charge in [0.15, 0.2) is 0 Å². The summed E-state index contributed by atoms with van der Waals surface area (Å²) in [5, 5.41) is 8.71. The molecule has 0 radical (unpaired) electrons. The molecule has 1 unspecified atom stereocenters. The molecule has 0 aliphatic heterocycles. The lowest BCUT2D eigenvalue weighted by molar-refractivity contribution is 0.0733. The molecule has 2 aliphatic carbocycles. The Kier molecular flexibility index (Phi) is 6.04. The van der Waals surface area contributed by atoms with Crippen LogP contribution >= 0.6 is 0 Å². The van der Waals surface area contributed by atoms with Gasteiger partial charge in [-0.25, -0.2) is 18.0 Å². The first-order valence-corrected chi connectivity index (χ1v) is 10.8. The van der Waals surface area contributed by atoms with E-state index in [-0.39, 0.29) is 17.2 Å². The van der Waals surface area contributed by atoms with E-state index < -0.39 is 29.0 Å². The summed E-state index contributed by atoms with van der Waals surface area (Å²) in [6.07, 6.45) is 6.73. The number of hydrogen-bond donors (Lipinski definition) is 0. The van der Waals surface area contributed by atoms with Gasteiger partial charge in [-0.3, -0.25) is 0 Å². The van der Waals surface area contributed by atoms with Gasteiger partial charge in [0.1, 0.15) is 34.8 Å². The maximum atomic E-state index is 14.9. The van der Waals surface area contributed by atoms with E-state index in [2.05, 4.69) is 6.92 Å². The van der Waals surface area contributed by atoms with Crippen molar-refractivity contribution < 1.29 is 22.7 Å². The van der Waals surface area contributed by atoms with E-state index in [0.717, 1.165) is 49.3 Å². The Morgan fingerprint density at radius 2 is 1.65 bits per heavy atom. The second-order valence-corrected chi connectivity index (χ2v) is 8.95. The van der Waals surface area contributed by atoms with Crippen LogP contribution in [0.2, 0.25) is 0 Å². The fourth-order valence-electron chi connectivity index (χ4n) is 5.27. The van der Waals surface area contributed by atoms with Crippen molar-refractivity contribution >= 4 is 5.97 Å². The Hall–Kier alpha value is -2.81. The van der Waals surface area contributed by atoms with Crippen LogP contribution in [0.5, 0.6) is 5.75 Å². The molecular weight excluding hydrogens is 403 g/mol. The highest BCUT2D eigenvalue weighted by Crippen LogP contribution is 2.47. The summed E-state index contributed by atoms with van der Waals surface area (Å²) in [6.45, 7) is 2.31. The second kappa shape index (κ2) is 8.74. The van der Waals surface area contributed by atoms with Crippen molar-refractivity contribution in [1.82, 2.24) is 0 Å². The molecule has 2 saturated carbocycles. The number of nitriles is 1. The molecule has 4 atom stereocenters. The minimum absolute atomic E-state index is 0.0356. The monoisotopic (exact) mass is 427 g/mol. The largest absolute Gasteiger partial charge is 0.423 e. The molecule has 0 saturated heterocycles. The van der Waals surface area contributed by atoms with Crippen molar-refractivity contribution in [2.75, 3.05) is 0 Å². The normalized spacial score (nSPS) is 25.4. The second-order valence-electron chi connectivity index (χ2n) is 8.95. The number of fused-ring (bicyclic) bond motifs is 1. The van der Waals surface area contributed by atoms with Gasteiger partial charge in [0, 0.05) is 12.1 Å². The Labute approximate surface area is 179 Å². The van der Waals surface area contributed by atoms with E-state index in [1.807, 2.05) is 0 Å². The van der Waals surface area contributed by atoms with E-state index in [1.54, 1.807) is 6.07 Å². The van der Waals surface area contributed by atoms with Crippen LogP contribution in [0.25, 0.3) is 0 Å². The Morgan fingerprint density at radius 1 is 0.968 bits per heavy atom.